The van der Waals surface area contributed by atoms with Crippen molar-refractivity contribution in [3.05, 3.63) is 41.4 Å². The maximum Gasteiger partial charge on any atom is 0.147 e. The van der Waals surface area contributed by atoms with Crippen molar-refractivity contribution in [2.45, 2.75) is 65.2 Å². The Kier molecular flexibility index (Phi) is 9.27. The molecule has 136 valence electrons. The van der Waals surface area contributed by atoms with Crippen molar-refractivity contribution in [1.29, 1.82) is 0 Å². The summed E-state index contributed by atoms with van der Waals surface area (Å²) in [4.78, 5) is 0. The van der Waals surface area contributed by atoms with Crippen molar-refractivity contribution in [1.82, 2.24) is 10.2 Å². The number of unbranched alkanes of at least 4 members (excludes halogenated alkanes) is 5. The minimum Gasteiger partial charge on any atom is -0.490 e. The van der Waals surface area contributed by atoms with Crippen LogP contribution in [0.4, 0.5) is 0 Å². The van der Waals surface area contributed by atoms with Gasteiger partial charge >= 0.3 is 0 Å². The molecule has 0 saturated carbocycles. The molecule has 0 aliphatic rings. The van der Waals surface area contributed by atoms with Crippen LogP contribution in [-0.4, -0.2) is 16.8 Å². The quantitative estimate of drug-likeness (QED) is 0.323. The lowest BCUT2D eigenvalue weighted by Gasteiger charge is -2.03. The van der Waals surface area contributed by atoms with E-state index in [2.05, 4.69) is 48.3 Å². The molecule has 1 aromatic heterocycles. The van der Waals surface area contributed by atoms with Gasteiger partial charge in [-0.05, 0) is 43.5 Å². The average Bonchev–Trinajstić information content (AvgIpc) is 3.11. The molecule has 0 aliphatic carbocycles. The lowest BCUT2D eigenvalue weighted by Crippen LogP contribution is -1.93. The van der Waals surface area contributed by atoms with Crippen LogP contribution in [0.2, 0.25) is 0 Å². The molecule has 0 spiro atoms. The van der Waals surface area contributed by atoms with E-state index in [0.29, 0.717) is 6.61 Å². The Bertz CT molecular complexity index is 619. The van der Waals surface area contributed by atoms with Crippen LogP contribution in [0.3, 0.4) is 0 Å². The molecule has 4 heteroatoms. The molecule has 0 amide bonds. The van der Waals surface area contributed by atoms with Crippen LogP contribution in [0.15, 0.2) is 36.4 Å². The number of aryl methyl sites for hydroxylation is 1. The fraction of sp³-hybridized carbons (Fsp3) is 0.524. The molecule has 0 N–H and O–H groups in total. The maximum atomic E-state index is 5.75. The van der Waals surface area contributed by atoms with Crippen LogP contribution in [0.5, 0.6) is 5.75 Å². The van der Waals surface area contributed by atoms with E-state index >= 15 is 0 Å². The highest BCUT2D eigenvalue weighted by Crippen LogP contribution is 2.26. The van der Waals surface area contributed by atoms with E-state index in [1.54, 1.807) is 11.3 Å². The van der Waals surface area contributed by atoms with E-state index in [-0.39, 0.29) is 0 Å². The number of ether oxygens (including phenoxy) is 1. The van der Waals surface area contributed by atoms with Gasteiger partial charge in [0, 0.05) is 12.0 Å². The topological polar surface area (TPSA) is 35.0 Å². The van der Waals surface area contributed by atoms with Crippen molar-refractivity contribution in [3.63, 3.8) is 0 Å². The van der Waals surface area contributed by atoms with E-state index in [9.17, 15) is 0 Å². The Labute approximate surface area is 156 Å². The molecule has 0 aliphatic heterocycles. The molecular formula is C21H30N2OS. The Morgan fingerprint density at radius 2 is 1.68 bits per heavy atom. The number of hydrogen-bond donors (Lipinski definition) is 0. The van der Waals surface area contributed by atoms with Gasteiger partial charge in [-0.3, -0.25) is 0 Å². The van der Waals surface area contributed by atoms with Crippen LogP contribution in [-0.2, 0) is 6.42 Å². The molecule has 0 radical (unpaired) electrons. The normalized spacial score (nSPS) is 11.3. The highest BCUT2D eigenvalue weighted by molar-refractivity contribution is 7.14. The third-order valence-electron chi connectivity index (χ3n) is 4.05. The molecule has 3 nitrogen and oxygen atoms in total. The van der Waals surface area contributed by atoms with Gasteiger partial charge in [-0.1, -0.05) is 63.0 Å². The van der Waals surface area contributed by atoms with Gasteiger partial charge in [-0.2, -0.15) is 0 Å². The zero-order valence-corrected chi connectivity index (χ0v) is 16.4. The van der Waals surface area contributed by atoms with Gasteiger partial charge in [0.15, 0.2) is 0 Å². The first-order valence-corrected chi connectivity index (χ1v) is 10.4. The Morgan fingerprint density at radius 3 is 2.44 bits per heavy atom. The molecule has 2 rings (SSSR count). The first-order chi connectivity index (χ1) is 12.3. The van der Waals surface area contributed by atoms with Crippen molar-refractivity contribution < 1.29 is 4.74 Å². The Morgan fingerprint density at radius 1 is 0.920 bits per heavy atom. The van der Waals surface area contributed by atoms with Crippen molar-refractivity contribution in [2.24, 2.45) is 0 Å². The van der Waals surface area contributed by atoms with Crippen molar-refractivity contribution >= 4 is 11.3 Å². The van der Waals surface area contributed by atoms with Gasteiger partial charge in [-0.15, -0.1) is 10.2 Å². The van der Waals surface area contributed by atoms with Crippen LogP contribution < -0.4 is 4.74 Å². The second kappa shape index (κ2) is 11.8. The fourth-order valence-electron chi connectivity index (χ4n) is 2.53. The van der Waals surface area contributed by atoms with E-state index in [0.717, 1.165) is 34.2 Å². The number of benzene rings is 1. The summed E-state index contributed by atoms with van der Waals surface area (Å²) in [6.07, 6.45) is 14.0. The molecule has 0 bridgehead atoms. The summed E-state index contributed by atoms with van der Waals surface area (Å²) in [5.74, 6) is 0.898. The van der Waals surface area contributed by atoms with Gasteiger partial charge < -0.3 is 4.74 Å². The predicted molar refractivity (Wildman–Crippen MR) is 107 cm³/mol. The van der Waals surface area contributed by atoms with E-state index in [4.69, 9.17) is 4.74 Å². The van der Waals surface area contributed by atoms with E-state index < -0.39 is 0 Å². The number of hydrogen-bond acceptors (Lipinski definition) is 4. The van der Waals surface area contributed by atoms with Crippen molar-refractivity contribution in [2.75, 3.05) is 6.61 Å². The Balaban J connectivity index is 1.77. The monoisotopic (exact) mass is 358 g/mol. The highest BCUT2D eigenvalue weighted by Gasteiger charge is 2.06. The molecule has 1 heterocycles. The average molecular weight is 359 g/mol. The molecule has 0 unspecified atom stereocenters. The molecule has 1 aromatic carbocycles. The summed E-state index contributed by atoms with van der Waals surface area (Å²) in [6.45, 7) is 5.08. The van der Waals surface area contributed by atoms with Crippen LogP contribution in [0, 0.1) is 0 Å². The molecule has 25 heavy (non-hydrogen) atoms. The first kappa shape index (κ1) is 19.6. The number of nitrogens with zero attached hydrogens (tertiary/aromatic N) is 2. The predicted octanol–water partition coefficient (Wildman–Crippen LogP) is 6.45. The second-order valence-corrected chi connectivity index (χ2v) is 7.32. The summed E-state index contributed by atoms with van der Waals surface area (Å²) >= 11 is 1.70. The minimum absolute atomic E-state index is 0.631. The highest BCUT2D eigenvalue weighted by atomic mass is 32.1. The SMILES string of the molecule is CCCCCC=CCOc1ccc(-c2nnc(CCCCC)s2)cc1. The van der Waals surface area contributed by atoms with Crippen molar-refractivity contribution in [3.8, 4) is 16.3 Å². The molecular weight excluding hydrogens is 328 g/mol. The lowest BCUT2D eigenvalue weighted by molar-refractivity contribution is 0.362. The molecule has 2 aromatic rings. The summed E-state index contributed by atoms with van der Waals surface area (Å²) in [5, 5.41) is 10.8. The van der Waals surface area contributed by atoms with Crippen LogP contribution in [0.1, 0.15) is 63.8 Å². The minimum atomic E-state index is 0.631. The van der Waals surface area contributed by atoms with Crippen LogP contribution in [0.25, 0.3) is 10.6 Å². The summed E-state index contributed by atoms with van der Waals surface area (Å²) < 4.78 is 5.75. The van der Waals surface area contributed by atoms with Gasteiger partial charge in [0.1, 0.15) is 22.4 Å². The molecule has 0 fully saturated rings. The zero-order chi connectivity index (χ0) is 17.7. The third-order valence-corrected chi connectivity index (χ3v) is 5.08. The third kappa shape index (κ3) is 7.39. The smallest absolute Gasteiger partial charge is 0.147 e. The summed E-state index contributed by atoms with van der Waals surface area (Å²) in [7, 11) is 0. The maximum absolute atomic E-state index is 5.75. The Hall–Kier alpha value is -1.68. The first-order valence-electron chi connectivity index (χ1n) is 9.54. The van der Waals surface area contributed by atoms with Gasteiger partial charge in [0.25, 0.3) is 0 Å². The number of aromatic nitrogens is 2. The molecule has 0 saturated heterocycles. The van der Waals surface area contributed by atoms with Gasteiger partial charge in [0.2, 0.25) is 0 Å². The lowest BCUT2D eigenvalue weighted by atomic mass is 10.2. The van der Waals surface area contributed by atoms with E-state index in [1.807, 2.05) is 12.1 Å². The number of rotatable bonds is 12. The zero-order valence-electron chi connectivity index (χ0n) is 15.5. The number of allylic oxidation sites excluding steroid dienone is 1. The second-order valence-electron chi connectivity index (χ2n) is 6.26. The largest absolute Gasteiger partial charge is 0.490 e. The van der Waals surface area contributed by atoms with Crippen LogP contribution >= 0.6 is 11.3 Å². The van der Waals surface area contributed by atoms with Gasteiger partial charge in [-0.25, -0.2) is 0 Å². The fourth-order valence-corrected chi connectivity index (χ4v) is 3.42. The standard InChI is InChI=1S/C21H30N2OS/c1-3-5-7-8-9-11-17-24-19-15-13-18(14-16-19)21-23-22-20(25-21)12-10-6-4-2/h9,11,13-16H,3-8,10,12,17H2,1-2H3. The summed E-state index contributed by atoms with van der Waals surface area (Å²) in [6, 6.07) is 8.16. The van der Waals surface area contributed by atoms with E-state index in [1.165, 1.54) is 38.5 Å². The summed E-state index contributed by atoms with van der Waals surface area (Å²) in [5.41, 5.74) is 1.11. The van der Waals surface area contributed by atoms with Gasteiger partial charge in [0.05, 0.1) is 0 Å². The molecule has 0 atom stereocenters.